The number of amides is 2. The topological polar surface area (TPSA) is 36.4 Å². The first-order valence-electron chi connectivity index (χ1n) is 6.49. The lowest BCUT2D eigenvalue weighted by Crippen LogP contribution is -2.45. The number of carbonyl (C=O) groups excluding carboxylic acids is 1. The van der Waals surface area contributed by atoms with E-state index in [1.165, 1.54) is 17.0 Å². The first-order valence-corrected chi connectivity index (χ1v) is 6.49. The summed E-state index contributed by atoms with van der Waals surface area (Å²) in [5.41, 5.74) is 1.45. The number of rotatable bonds is 2. The van der Waals surface area contributed by atoms with Crippen LogP contribution in [0.15, 0.2) is 42.6 Å². The minimum Gasteiger partial charge on any atom is -0.320 e. The number of anilines is 2. The van der Waals surface area contributed by atoms with Gasteiger partial charge in [0.2, 0.25) is 0 Å². The number of pyridine rings is 1. The van der Waals surface area contributed by atoms with E-state index >= 15 is 0 Å². The van der Waals surface area contributed by atoms with Crippen LogP contribution < -0.4 is 4.90 Å². The Balaban J connectivity index is 2.14. The van der Waals surface area contributed by atoms with Gasteiger partial charge in [-0.2, -0.15) is 0 Å². The SMILES string of the molecule is CCN1Cc2cccnc2N(c2cccc(F)c2)C1=O. The highest BCUT2D eigenvalue weighted by Gasteiger charge is 2.31. The van der Waals surface area contributed by atoms with Crippen molar-refractivity contribution < 1.29 is 9.18 Å². The van der Waals surface area contributed by atoms with Crippen molar-refractivity contribution in [1.29, 1.82) is 0 Å². The maximum Gasteiger partial charge on any atom is 0.330 e. The van der Waals surface area contributed by atoms with E-state index in [9.17, 15) is 9.18 Å². The molecule has 0 radical (unpaired) electrons. The average molecular weight is 271 g/mol. The molecule has 1 aromatic carbocycles. The Morgan fingerprint density at radius 1 is 1.30 bits per heavy atom. The van der Waals surface area contributed by atoms with Gasteiger partial charge in [0.1, 0.15) is 11.6 Å². The van der Waals surface area contributed by atoms with Crippen molar-refractivity contribution in [2.45, 2.75) is 13.5 Å². The van der Waals surface area contributed by atoms with Crippen molar-refractivity contribution in [3.63, 3.8) is 0 Å². The van der Waals surface area contributed by atoms with Gasteiger partial charge in [-0.15, -0.1) is 0 Å². The second kappa shape index (κ2) is 4.92. The van der Waals surface area contributed by atoms with Crippen LogP contribution in [0.1, 0.15) is 12.5 Å². The monoisotopic (exact) mass is 271 g/mol. The summed E-state index contributed by atoms with van der Waals surface area (Å²) in [7, 11) is 0. The molecule has 0 unspecified atom stereocenters. The molecule has 102 valence electrons. The van der Waals surface area contributed by atoms with E-state index in [0.29, 0.717) is 24.6 Å². The molecule has 5 heteroatoms. The quantitative estimate of drug-likeness (QED) is 0.840. The molecule has 3 rings (SSSR count). The Hall–Kier alpha value is -2.43. The molecule has 0 spiro atoms. The number of halogens is 1. The van der Waals surface area contributed by atoms with Gasteiger partial charge in [-0.05, 0) is 31.2 Å². The standard InChI is InChI=1S/C15H14FN3O/c1-2-18-10-11-5-4-8-17-14(11)19(15(18)20)13-7-3-6-12(16)9-13/h3-9H,2,10H2,1H3. The zero-order valence-corrected chi connectivity index (χ0v) is 11.1. The van der Waals surface area contributed by atoms with Crippen LogP contribution in [0.5, 0.6) is 0 Å². The molecule has 1 aromatic heterocycles. The lowest BCUT2D eigenvalue weighted by atomic mass is 10.1. The van der Waals surface area contributed by atoms with Crippen molar-refractivity contribution in [3.05, 3.63) is 54.0 Å². The fourth-order valence-corrected chi connectivity index (χ4v) is 2.36. The van der Waals surface area contributed by atoms with Gasteiger partial charge in [-0.1, -0.05) is 12.1 Å². The zero-order valence-electron chi connectivity index (χ0n) is 11.1. The molecule has 1 aliphatic heterocycles. The first kappa shape index (κ1) is 12.6. The fourth-order valence-electron chi connectivity index (χ4n) is 2.36. The Labute approximate surface area is 116 Å². The lowest BCUT2D eigenvalue weighted by Gasteiger charge is -2.35. The van der Waals surface area contributed by atoms with Crippen LogP contribution in [-0.4, -0.2) is 22.5 Å². The third kappa shape index (κ3) is 2.01. The molecule has 0 fully saturated rings. The van der Waals surface area contributed by atoms with Gasteiger partial charge < -0.3 is 4.90 Å². The van der Waals surface area contributed by atoms with E-state index in [2.05, 4.69) is 4.98 Å². The molecule has 0 saturated heterocycles. The molecule has 20 heavy (non-hydrogen) atoms. The van der Waals surface area contributed by atoms with Crippen LogP contribution in [0.4, 0.5) is 20.7 Å². The van der Waals surface area contributed by atoms with Gasteiger partial charge in [0.05, 0.1) is 12.2 Å². The van der Waals surface area contributed by atoms with Crippen LogP contribution in [0, 0.1) is 5.82 Å². The number of carbonyl (C=O) groups is 1. The Morgan fingerprint density at radius 2 is 2.15 bits per heavy atom. The summed E-state index contributed by atoms with van der Waals surface area (Å²) in [6.45, 7) is 3.05. The van der Waals surface area contributed by atoms with Crippen molar-refractivity contribution in [3.8, 4) is 0 Å². The van der Waals surface area contributed by atoms with E-state index in [0.717, 1.165) is 5.56 Å². The number of benzene rings is 1. The fraction of sp³-hybridized carbons (Fsp3) is 0.200. The van der Waals surface area contributed by atoms with Crippen LogP contribution >= 0.6 is 0 Å². The first-order chi connectivity index (χ1) is 9.70. The summed E-state index contributed by atoms with van der Waals surface area (Å²) < 4.78 is 13.4. The molecule has 0 saturated carbocycles. The zero-order chi connectivity index (χ0) is 14.1. The summed E-state index contributed by atoms with van der Waals surface area (Å²) in [6, 6.07) is 9.59. The highest BCUT2D eigenvalue weighted by molar-refractivity contribution is 6.00. The minimum atomic E-state index is -0.374. The number of aromatic nitrogens is 1. The van der Waals surface area contributed by atoms with Gasteiger partial charge in [-0.25, -0.2) is 19.1 Å². The Bertz CT molecular complexity index is 659. The third-order valence-electron chi connectivity index (χ3n) is 3.35. The molecule has 0 N–H and O–H groups in total. The predicted octanol–water partition coefficient (Wildman–Crippen LogP) is 3.31. The summed E-state index contributed by atoms with van der Waals surface area (Å²) in [4.78, 5) is 20.0. The predicted molar refractivity (Wildman–Crippen MR) is 74.3 cm³/mol. The highest BCUT2D eigenvalue weighted by atomic mass is 19.1. The van der Waals surface area contributed by atoms with Gasteiger partial charge in [0.15, 0.2) is 0 Å². The van der Waals surface area contributed by atoms with Crippen LogP contribution in [-0.2, 0) is 6.54 Å². The molecule has 1 aliphatic rings. The molecule has 0 atom stereocenters. The van der Waals surface area contributed by atoms with Crippen molar-refractivity contribution in [2.75, 3.05) is 11.4 Å². The number of fused-ring (bicyclic) bond motifs is 1. The van der Waals surface area contributed by atoms with Crippen molar-refractivity contribution in [2.24, 2.45) is 0 Å². The molecule has 2 aromatic rings. The maximum absolute atomic E-state index is 13.4. The number of urea groups is 1. The molecule has 0 bridgehead atoms. The van der Waals surface area contributed by atoms with Crippen LogP contribution in [0.25, 0.3) is 0 Å². The summed E-state index contributed by atoms with van der Waals surface area (Å²) in [6.07, 6.45) is 1.64. The van der Waals surface area contributed by atoms with E-state index in [4.69, 9.17) is 0 Å². The van der Waals surface area contributed by atoms with E-state index in [1.807, 2.05) is 19.1 Å². The van der Waals surface area contributed by atoms with Gasteiger partial charge >= 0.3 is 6.03 Å². The summed E-state index contributed by atoms with van der Waals surface area (Å²) in [5, 5.41) is 0. The Morgan fingerprint density at radius 3 is 2.90 bits per heavy atom. The number of nitrogens with zero attached hydrogens (tertiary/aromatic N) is 3. The molecule has 2 heterocycles. The maximum atomic E-state index is 13.4. The van der Waals surface area contributed by atoms with Crippen LogP contribution in [0.2, 0.25) is 0 Å². The molecular formula is C15H14FN3O. The minimum absolute atomic E-state index is 0.177. The van der Waals surface area contributed by atoms with Gasteiger partial charge in [0.25, 0.3) is 0 Å². The second-order valence-electron chi connectivity index (χ2n) is 4.60. The number of hydrogen-bond donors (Lipinski definition) is 0. The average Bonchev–Trinajstić information content (AvgIpc) is 2.46. The van der Waals surface area contributed by atoms with Crippen LogP contribution in [0.3, 0.4) is 0 Å². The van der Waals surface area contributed by atoms with Gasteiger partial charge in [0, 0.05) is 18.3 Å². The molecule has 0 aliphatic carbocycles. The summed E-state index contributed by atoms with van der Waals surface area (Å²) in [5.74, 6) is 0.203. The Kier molecular flexibility index (Phi) is 3.10. The van der Waals surface area contributed by atoms with E-state index in [1.54, 1.807) is 23.2 Å². The van der Waals surface area contributed by atoms with Crippen molar-refractivity contribution in [1.82, 2.24) is 9.88 Å². The van der Waals surface area contributed by atoms with Gasteiger partial charge in [-0.3, -0.25) is 0 Å². The largest absolute Gasteiger partial charge is 0.330 e. The van der Waals surface area contributed by atoms with Crippen molar-refractivity contribution >= 4 is 17.5 Å². The van der Waals surface area contributed by atoms with E-state index < -0.39 is 0 Å². The third-order valence-corrected chi connectivity index (χ3v) is 3.35. The second-order valence-corrected chi connectivity index (χ2v) is 4.60. The lowest BCUT2D eigenvalue weighted by molar-refractivity contribution is 0.204. The highest BCUT2D eigenvalue weighted by Crippen LogP contribution is 2.32. The molecule has 2 amide bonds. The smallest absolute Gasteiger partial charge is 0.320 e. The number of hydrogen-bond acceptors (Lipinski definition) is 2. The normalized spacial score (nSPS) is 14.4. The summed E-state index contributed by atoms with van der Waals surface area (Å²) >= 11 is 0. The molecule has 4 nitrogen and oxygen atoms in total. The van der Waals surface area contributed by atoms with E-state index in [-0.39, 0.29) is 11.8 Å². The molecular weight excluding hydrogens is 257 g/mol.